The van der Waals surface area contributed by atoms with Gasteiger partial charge in [0.05, 0.1) is 22.4 Å². The molecule has 0 aliphatic heterocycles. The summed E-state index contributed by atoms with van der Waals surface area (Å²) in [6, 6.07) is 32.0. The number of phenolic OH excluding ortho intramolecular Hbond substituents is 1. The first kappa shape index (κ1) is 15.6. The van der Waals surface area contributed by atoms with Crippen LogP contribution in [0.25, 0.3) is 44.2 Å². The molecule has 5 rings (SSSR count). The van der Waals surface area contributed by atoms with E-state index in [1.54, 1.807) is 6.07 Å². The topological polar surface area (TPSA) is 31.5 Å². The van der Waals surface area contributed by atoms with Crippen molar-refractivity contribution in [1.29, 1.82) is 0 Å². The Bertz CT molecular complexity index is 1260. The van der Waals surface area contributed by atoms with E-state index in [2.05, 4.69) is 18.2 Å². The smallest absolute Gasteiger partial charge is 0.369 e. The molecule has 0 aliphatic rings. The van der Waals surface area contributed by atoms with Crippen molar-refractivity contribution in [3.63, 3.8) is 0 Å². The van der Waals surface area contributed by atoms with Crippen LogP contribution >= 0.6 is 0 Å². The van der Waals surface area contributed by atoms with Crippen LogP contribution in [0, 0.1) is 0 Å². The van der Waals surface area contributed by atoms with Gasteiger partial charge in [0.2, 0.25) is 0 Å². The maximum absolute atomic E-state index is 10.3. The van der Waals surface area contributed by atoms with Crippen LogP contribution < -0.4 is 0 Å². The van der Waals surface area contributed by atoms with Crippen LogP contribution in [-0.2, 0) is 0 Å². The average Bonchev–Trinajstić information content (AvgIpc) is 2.74. The molecule has 0 radical (unpaired) electrons. The molecule has 0 aliphatic carbocycles. The monoisotopic (exact) mass is 349 g/mol. The number of rotatable bonds is 2. The highest BCUT2D eigenvalue weighted by Gasteiger charge is 2.22. The highest BCUT2D eigenvalue weighted by atomic mass is 16.3. The van der Waals surface area contributed by atoms with Crippen LogP contribution in [-0.4, -0.2) is 5.11 Å². The highest BCUT2D eigenvalue weighted by Crippen LogP contribution is 2.39. The van der Waals surface area contributed by atoms with E-state index in [0.717, 1.165) is 44.2 Å². The Balaban J connectivity index is 1.93. The second-order valence-electron chi connectivity index (χ2n) is 6.57. The molecule has 1 heterocycles. The summed E-state index contributed by atoms with van der Waals surface area (Å²) < 4.78 is 6.37. The van der Waals surface area contributed by atoms with Gasteiger partial charge in [-0.2, -0.15) is 0 Å². The molecule has 2 heteroatoms. The lowest BCUT2D eigenvalue weighted by atomic mass is 9.97. The molecule has 4 aromatic carbocycles. The normalized spacial score (nSPS) is 11.1. The fraction of sp³-hybridized carbons (Fsp3) is 0. The lowest BCUT2D eigenvalue weighted by molar-refractivity contribution is 0.481. The van der Waals surface area contributed by atoms with Gasteiger partial charge in [-0.15, -0.1) is 0 Å². The van der Waals surface area contributed by atoms with Crippen molar-refractivity contribution >= 4 is 21.7 Å². The van der Waals surface area contributed by atoms with E-state index in [1.165, 1.54) is 0 Å². The maximum atomic E-state index is 10.3. The van der Waals surface area contributed by atoms with Gasteiger partial charge in [-0.05, 0) is 42.0 Å². The zero-order valence-corrected chi connectivity index (χ0v) is 14.6. The van der Waals surface area contributed by atoms with Gasteiger partial charge in [0, 0.05) is 10.9 Å². The zero-order chi connectivity index (χ0) is 18.2. The Morgan fingerprint density at radius 2 is 1.22 bits per heavy atom. The molecular formula is C25H17O2+. The van der Waals surface area contributed by atoms with Crippen LogP contribution in [0.1, 0.15) is 0 Å². The maximum Gasteiger partial charge on any atom is 0.369 e. The molecule has 0 amide bonds. The first-order valence-electron chi connectivity index (χ1n) is 8.94. The van der Waals surface area contributed by atoms with E-state index in [1.807, 2.05) is 72.8 Å². The minimum absolute atomic E-state index is 0.260. The molecule has 0 unspecified atom stereocenters. The number of hydrogen-bond acceptors (Lipinski definition) is 1. The summed E-state index contributed by atoms with van der Waals surface area (Å²) in [6.07, 6.45) is 0. The summed E-state index contributed by atoms with van der Waals surface area (Å²) in [4.78, 5) is 0. The van der Waals surface area contributed by atoms with Crippen LogP contribution in [0.15, 0.2) is 101 Å². The summed E-state index contributed by atoms with van der Waals surface area (Å²) in [5.41, 5.74) is 4.05. The Morgan fingerprint density at radius 3 is 1.96 bits per heavy atom. The molecular weight excluding hydrogens is 332 g/mol. The fourth-order valence-corrected chi connectivity index (χ4v) is 3.59. The van der Waals surface area contributed by atoms with Crippen molar-refractivity contribution in [2.75, 3.05) is 0 Å². The van der Waals surface area contributed by atoms with Gasteiger partial charge in [-0.25, -0.2) is 4.42 Å². The van der Waals surface area contributed by atoms with Crippen LogP contribution in [0.2, 0.25) is 0 Å². The van der Waals surface area contributed by atoms with Gasteiger partial charge in [0.25, 0.3) is 0 Å². The predicted octanol–water partition coefficient (Wildman–Crippen LogP) is 6.91. The number of aromatic hydroxyl groups is 1. The molecule has 0 spiro atoms. The molecule has 0 saturated carbocycles. The first-order valence-corrected chi connectivity index (χ1v) is 8.94. The zero-order valence-electron chi connectivity index (χ0n) is 14.6. The second-order valence-corrected chi connectivity index (χ2v) is 6.57. The van der Waals surface area contributed by atoms with E-state index in [9.17, 15) is 5.11 Å². The molecule has 0 atom stereocenters. The summed E-state index contributed by atoms with van der Waals surface area (Å²) in [5.74, 6) is 1.06. The van der Waals surface area contributed by atoms with E-state index in [0.29, 0.717) is 0 Å². The van der Waals surface area contributed by atoms with Crippen LogP contribution in [0.5, 0.6) is 5.75 Å². The Labute approximate surface area is 157 Å². The number of fused-ring (bicyclic) bond motifs is 3. The molecule has 1 N–H and O–H groups in total. The van der Waals surface area contributed by atoms with Crippen molar-refractivity contribution in [2.24, 2.45) is 0 Å². The number of hydrogen-bond donors (Lipinski definition) is 1. The average molecular weight is 349 g/mol. The summed E-state index contributed by atoms with van der Waals surface area (Å²) >= 11 is 0. The predicted molar refractivity (Wildman–Crippen MR) is 111 cm³/mol. The van der Waals surface area contributed by atoms with E-state index in [-0.39, 0.29) is 5.75 Å². The van der Waals surface area contributed by atoms with Crippen molar-refractivity contribution in [3.8, 4) is 28.2 Å². The molecule has 27 heavy (non-hydrogen) atoms. The lowest BCUT2D eigenvalue weighted by Gasteiger charge is -2.06. The fourth-order valence-electron chi connectivity index (χ4n) is 3.59. The molecule has 0 bridgehead atoms. The Morgan fingerprint density at radius 1 is 0.556 bits per heavy atom. The summed E-state index contributed by atoms with van der Waals surface area (Å²) in [6.45, 7) is 0. The second kappa shape index (κ2) is 6.26. The van der Waals surface area contributed by atoms with Crippen molar-refractivity contribution in [2.45, 2.75) is 0 Å². The molecule has 2 nitrogen and oxygen atoms in total. The van der Waals surface area contributed by atoms with E-state index < -0.39 is 0 Å². The van der Waals surface area contributed by atoms with Gasteiger partial charge in [-0.3, -0.25) is 0 Å². The Hall–Kier alpha value is -3.65. The highest BCUT2D eigenvalue weighted by molar-refractivity contribution is 6.10. The summed E-state index contributed by atoms with van der Waals surface area (Å²) in [5, 5.41) is 13.0. The summed E-state index contributed by atoms with van der Waals surface area (Å²) in [7, 11) is 0. The number of benzene rings is 4. The number of phenols is 1. The standard InChI is InChI=1S/C25H16O2/c26-23-13-7-12-20-19(23)14-15-21-22(17-8-3-1-4-9-17)16-24(27-25(20)21)18-10-5-2-6-11-18/h1-16H/p+1. The third-order valence-corrected chi connectivity index (χ3v) is 4.91. The minimum Gasteiger partial charge on any atom is -0.507 e. The molecule has 1 aromatic heterocycles. The third kappa shape index (κ3) is 2.63. The van der Waals surface area contributed by atoms with Gasteiger partial charge < -0.3 is 5.11 Å². The minimum atomic E-state index is 0.260. The Kier molecular flexibility index (Phi) is 3.61. The molecule has 0 fully saturated rings. The quantitative estimate of drug-likeness (QED) is 0.277. The lowest BCUT2D eigenvalue weighted by Crippen LogP contribution is -1.87. The van der Waals surface area contributed by atoms with E-state index >= 15 is 0 Å². The van der Waals surface area contributed by atoms with Crippen molar-refractivity contribution in [3.05, 3.63) is 97.1 Å². The van der Waals surface area contributed by atoms with Crippen molar-refractivity contribution < 1.29 is 9.52 Å². The van der Waals surface area contributed by atoms with Crippen LogP contribution in [0.3, 0.4) is 0 Å². The van der Waals surface area contributed by atoms with Gasteiger partial charge >= 0.3 is 11.3 Å². The van der Waals surface area contributed by atoms with Gasteiger partial charge in [-0.1, -0.05) is 54.6 Å². The van der Waals surface area contributed by atoms with Crippen molar-refractivity contribution in [1.82, 2.24) is 0 Å². The molecule has 0 saturated heterocycles. The van der Waals surface area contributed by atoms with E-state index in [4.69, 9.17) is 4.42 Å². The molecule has 128 valence electrons. The molecule has 5 aromatic rings. The largest absolute Gasteiger partial charge is 0.507 e. The third-order valence-electron chi connectivity index (χ3n) is 4.91. The van der Waals surface area contributed by atoms with Crippen LogP contribution in [0.4, 0.5) is 0 Å². The van der Waals surface area contributed by atoms with Gasteiger partial charge in [0.1, 0.15) is 5.75 Å². The SMILES string of the molecule is Oc1cccc2c1ccc1c(-c3ccccc3)cc(-c3ccccc3)[o+]c12. The first-order chi connectivity index (χ1) is 13.3. The van der Waals surface area contributed by atoms with Gasteiger partial charge in [0.15, 0.2) is 0 Å².